The Kier molecular flexibility index (Phi) is 3.52. The van der Waals surface area contributed by atoms with Gasteiger partial charge < -0.3 is 4.74 Å². The lowest BCUT2D eigenvalue weighted by Crippen LogP contribution is -2.11. The highest BCUT2D eigenvalue weighted by atomic mass is 16.5. The first-order valence-electron chi connectivity index (χ1n) is 4.91. The van der Waals surface area contributed by atoms with Crippen LogP contribution in [0.15, 0.2) is 12.2 Å². The van der Waals surface area contributed by atoms with E-state index >= 15 is 0 Å². The molecule has 0 bridgehead atoms. The fourth-order valence-electron chi connectivity index (χ4n) is 2.07. The molecule has 0 saturated heterocycles. The highest BCUT2D eigenvalue weighted by Crippen LogP contribution is 2.35. The molecule has 74 valence electrons. The lowest BCUT2D eigenvalue weighted by atomic mass is 9.91. The Bertz CT molecular complexity index is 208. The predicted molar refractivity (Wildman–Crippen MR) is 52.3 cm³/mol. The Morgan fingerprint density at radius 2 is 2.23 bits per heavy atom. The van der Waals surface area contributed by atoms with E-state index in [9.17, 15) is 4.79 Å². The Balaban J connectivity index is 2.39. The number of carbonyl (C=O) groups excluding carboxylic acids is 1. The molecular weight excluding hydrogens is 164 g/mol. The topological polar surface area (TPSA) is 26.3 Å². The molecule has 0 radical (unpaired) electrons. The molecule has 0 aliphatic heterocycles. The summed E-state index contributed by atoms with van der Waals surface area (Å²) in [6.45, 7) is 6.00. The van der Waals surface area contributed by atoms with E-state index in [0.29, 0.717) is 11.5 Å². The molecule has 0 amide bonds. The van der Waals surface area contributed by atoms with E-state index in [0.717, 1.165) is 12.3 Å². The Hall–Kier alpha value is -0.790. The van der Waals surface area contributed by atoms with Crippen molar-refractivity contribution < 1.29 is 9.53 Å². The van der Waals surface area contributed by atoms with Crippen LogP contribution in [0.25, 0.3) is 0 Å². The zero-order valence-corrected chi connectivity index (χ0v) is 8.51. The minimum atomic E-state index is -0.251. The number of esters is 1. The van der Waals surface area contributed by atoms with Crippen LogP contribution < -0.4 is 0 Å². The third-order valence-electron chi connectivity index (χ3n) is 3.02. The second kappa shape index (κ2) is 4.45. The van der Waals surface area contributed by atoms with Crippen LogP contribution in [0, 0.1) is 11.8 Å². The molecule has 13 heavy (non-hydrogen) atoms. The molecule has 0 aromatic rings. The third kappa shape index (κ3) is 2.58. The van der Waals surface area contributed by atoms with Crippen molar-refractivity contribution in [1.29, 1.82) is 0 Å². The average Bonchev–Trinajstić information content (AvgIpc) is 2.50. The molecule has 1 saturated carbocycles. The van der Waals surface area contributed by atoms with Crippen LogP contribution in [0.1, 0.15) is 32.6 Å². The first kappa shape index (κ1) is 10.3. The number of rotatable bonds is 3. The van der Waals surface area contributed by atoms with Gasteiger partial charge in [-0.2, -0.15) is 0 Å². The summed E-state index contributed by atoms with van der Waals surface area (Å²) < 4.78 is 4.62. The quantitative estimate of drug-likeness (QED) is 0.495. The maximum absolute atomic E-state index is 11.1. The Labute approximate surface area is 80.0 Å². The van der Waals surface area contributed by atoms with Crippen LogP contribution in [0.2, 0.25) is 0 Å². The maximum atomic E-state index is 11.1. The van der Waals surface area contributed by atoms with Crippen LogP contribution >= 0.6 is 0 Å². The molecule has 2 nitrogen and oxygen atoms in total. The molecule has 0 heterocycles. The second-order valence-electron chi connectivity index (χ2n) is 3.97. The van der Waals surface area contributed by atoms with Gasteiger partial charge in [0.05, 0.1) is 7.11 Å². The van der Waals surface area contributed by atoms with E-state index in [1.165, 1.54) is 26.4 Å². The van der Waals surface area contributed by atoms with Crippen molar-refractivity contribution in [3.05, 3.63) is 12.2 Å². The minimum absolute atomic E-state index is 0.251. The van der Waals surface area contributed by atoms with Crippen LogP contribution in [0.5, 0.6) is 0 Å². The molecular formula is C11H18O2. The fraction of sp³-hybridized carbons (Fsp3) is 0.727. The zero-order valence-electron chi connectivity index (χ0n) is 8.51. The van der Waals surface area contributed by atoms with Crippen molar-refractivity contribution in [2.24, 2.45) is 11.8 Å². The summed E-state index contributed by atoms with van der Waals surface area (Å²) in [7, 11) is 1.41. The lowest BCUT2D eigenvalue weighted by molar-refractivity contribution is -0.136. The lowest BCUT2D eigenvalue weighted by Gasteiger charge is -2.15. The smallest absolute Gasteiger partial charge is 0.333 e. The highest BCUT2D eigenvalue weighted by molar-refractivity contribution is 5.87. The third-order valence-corrected chi connectivity index (χ3v) is 3.02. The van der Waals surface area contributed by atoms with Gasteiger partial charge in [-0.25, -0.2) is 4.79 Å². The monoisotopic (exact) mass is 182 g/mol. The predicted octanol–water partition coefficient (Wildman–Crippen LogP) is 2.54. The molecule has 2 atom stereocenters. The number of ether oxygens (including phenoxy) is 1. The molecule has 1 fully saturated rings. The van der Waals surface area contributed by atoms with Gasteiger partial charge in [-0.15, -0.1) is 0 Å². The first-order valence-corrected chi connectivity index (χ1v) is 4.91. The van der Waals surface area contributed by atoms with Crippen LogP contribution in [0.4, 0.5) is 0 Å². The fourth-order valence-corrected chi connectivity index (χ4v) is 2.07. The van der Waals surface area contributed by atoms with Gasteiger partial charge in [-0.3, -0.25) is 0 Å². The Morgan fingerprint density at radius 3 is 2.69 bits per heavy atom. The highest BCUT2D eigenvalue weighted by Gasteiger charge is 2.25. The van der Waals surface area contributed by atoms with Gasteiger partial charge in [0.15, 0.2) is 0 Å². The summed E-state index contributed by atoms with van der Waals surface area (Å²) in [4.78, 5) is 11.1. The SMILES string of the molecule is C=C(CC1CCCC1C)C(=O)OC. The standard InChI is InChI=1S/C11H18O2/c1-8-5-4-6-10(8)7-9(2)11(12)13-3/h8,10H,2,4-7H2,1,3H3. The van der Waals surface area contributed by atoms with E-state index in [2.05, 4.69) is 18.2 Å². The van der Waals surface area contributed by atoms with Gasteiger partial charge in [0.25, 0.3) is 0 Å². The van der Waals surface area contributed by atoms with Crippen molar-refractivity contribution >= 4 is 5.97 Å². The molecule has 1 aliphatic carbocycles. The molecule has 2 unspecified atom stereocenters. The number of carbonyl (C=O) groups is 1. The summed E-state index contributed by atoms with van der Waals surface area (Å²) in [5.74, 6) is 1.13. The van der Waals surface area contributed by atoms with E-state index in [-0.39, 0.29) is 5.97 Å². The van der Waals surface area contributed by atoms with Gasteiger partial charge in [-0.05, 0) is 24.7 Å². The summed E-state index contributed by atoms with van der Waals surface area (Å²) >= 11 is 0. The molecule has 0 aromatic heterocycles. The molecule has 1 rings (SSSR count). The minimum Gasteiger partial charge on any atom is -0.466 e. The summed E-state index contributed by atoms with van der Waals surface area (Å²) in [6, 6.07) is 0. The largest absolute Gasteiger partial charge is 0.466 e. The van der Waals surface area contributed by atoms with Gasteiger partial charge >= 0.3 is 5.97 Å². The summed E-state index contributed by atoms with van der Waals surface area (Å²) in [6.07, 6.45) is 4.63. The van der Waals surface area contributed by atoms with Gasteiger partial charge in [0.1, 0.15) is 0 Å². The number of methoxy groups -OCH3 is 1. The molecule has 2 heteroatoms. The van der Waals surface area contributed by atoms with Crippen molar-refractivity contribution in [1.82, 2.24) is 0 Å². The molecule has 0 spiro atoms. The van der Waals surface area contributed by atoms with Gasteiger partial charge in [0, 0.05) is 5.57 Å². The zero-order chi connectivity index (χ0) is 9.84. The van der Waals surface area contributed by atoms with E-state index in [1.54, 1.807) is 0 Å². The normalized spacial score (nSPS) is 27.2. The van der Waals surface area contributed by atoms with Crippen molar-refractivity contribution in [3.63, 3.8) is 0 Å². The van der Waals surface area contributed by atoms with E-state index in [1.807, 2.05) is 0 Å². The molecule has 1 aliphatic rings. The number of hydrogen-bond acceptors (Lipinski definition) is 2. The van der Waals surface area contributed by atoms with Crippen LogP contribution in [-0.4, -0.2) is 13.1 Å². The van der Waals surface area contributed by atoms with Crippen molar-refractivity contribution in [2.45, 2.75) is 32.6 Å². The summed E-state index contributed by atoms with van der Waals surface area (Å²) in [5.41, 5.74) is 0.626. The maximum Gasteiger partial charge on any atom is 0.333 e. The second-order valence-corrected chi connectivity index (χ2v) is 3.97. The molecule has 0 aromatic carbocycles. The number of hydrogen-bond donors (Lipinski definition) is 0. The van der Waals surface area contributed by atoms with Crippen molar-refractivity contribution in [3.8, 4) is 0 Å². The Morgan fingerprint density at radius 1 is 1.54 bits per heavy atom. The van der Waals surface area contributed by atoms with Crippen LogP contribution in [0.3, 0.4) is 0 Å². The van der Waals surface area contributed by atoms with Gasteiger partial charge in [-0.1, -0.05) is 26.3 Å². The van der Waals surface area contributed by atoms with Crippen molar-refractivity contribution in [2.75, 3.05) is 7.11 Å². The summed E-state index contributed by atoms with van der Waals surface area (Å²) in [5, 5.41) is 0. The average molecular weight is 182 g/mol. The van der Waals surface area contributed by atoms with Crippen LogP contribution in [-0.2, 0) is 9.53 Å². The molecule has 0 N–H and O–H groups in total. The van der Waals surface area contributed by atoms with E-state index in [4.69, 9.17) is 0 Å². The van der Waals surface area contributed by atoms with Gasteiger partial charge in [0.2, 0.25) is 0 Å². The first-order chi connectivity index (χ1) is 6.15. The van der Waals surface area contributed by atoms with E-state index < -0.39 is 0 Å².